The second-order valence-corrected chi connectivity index (χ2v) is 4.66. The topological polar surface area (TPSA) is 28.2 Å². The molecule has 1 N–H and O–H groups in total. The Morgan fingerprint density at radius 3 is 3.00 bits per heavy atom. The summed E-state index contributed by atoms with van der Waals surface area (Å²) < 4.78 is 0. The number of hydrogen-bond donors (Lipinski definition) is 1. The monoisotopic (exact) mass is 219 g/mol. The van der Waals surface area contributed by atoms with Crippen molar-refractivity contribution in [3.05, 3.63) is 29.6 Å². The lowest BCUT2D eigenvalue weighted by atomic mass is 10.2. The van der Waals surface area contributed by atoms with E-state index >= 15 is 0 Å². The Balaban J connectivity index is 1.66. The van der Waals surface area contributed by atoms with Crippen molar-refractivity contribution in [3.8, 4) is 0 Å². The maximum atomic E-state index is 4.37. The molecule has 1 aromatic rings. The Kier molecular flexibility index (Phi) is 3.91. The number of rotatable bonds is 6. The summed E-state index contributed by atoms with van der Waals surface area (Å²) in [6.07, 6.45) is 4.63. The summed E-state index contributed by atoms with van der Waals surface area (Å²) in [7, 11) is 2.21. The highest BCUT2D eigenvalue weighted by Gasteiger charge is 2.25. The fourth-order valence-corrected chi connectivity index (χ4v) is 1.86. The molecule has 0 amide bonds. The first kappa shape index (κ1) is 11.6. The van der Waals surface area contributed by atoms with E-state index in [9.17, 15) is 0 Å². The maximum absolute atomic E-state index is 4.37. The van der Waals surface area contributed by atoms with Crippen LogP contribution in [-0.2, 0) is 6.54 Å². The van der Waals surface area contributed by atoms with Crippen LogP contribution >= 0.6 is 0 Å². The van der Waals surface area contributed by atoms with Gasteiger partial charge in [0.1, 0.15) is 0 Å². The largest absolute Gasteiger partial charge is 0.310 e. The van der Waals surface area contributed by atoms with E-state index < -0.39 is 0 Å². The fraction of sp³-hybridized carbons (Fsp3) is 0.615. The maximum Gasteiger partial charge on any atom is 0.0570 e. The molecule has 3 nitrogen and oxygen atoms in total. The molecule has 1 aromatic heterocycles. The van der Waals surface area contributed by atoms with Gasteiger partial charge in [-0.2, -0.15) is 0 Å². The molecule has 88 valence electrons. The quantitative estimate of drug-likeness (QED) is 0.736. The summed E-state index contributed by atoms with van der Waals surface area (Å²) in [6, 6.07) is 4.96. The highest BCUT2D eigenvalue weighted by atomic mass is 15.2. The van der Waals surface area contributed by atoms with Crippen molar-refractivity contribution in [2.75, 3.05) is 20.1 Å². The zero-order chi connectivity index (χ0) is 11.4. The Morgan fingerprint density at radius 1 is 1.50 bits per heavy atom. The highest BCUT2D eigenvalue weighted by molar-refractivity contribution is 5.17. The van der Waals surface area contributed by atoms with E-state index in [-0.39, 0.29) is 0 Å². The van der Waals surface area contributed by atoms with Gasteiger partial charge in [0, 0.05) is 31.9 Å². The van der Waals surface area contributed by atoms with Gasteiger partial charge < -0.3 is 10.2 Å². The molecule has 3 heteroatoms. The van der Waals surface area contributed by atoms with Crippen molar-refractivity contribution in [2.45, 2.75) is 32.4 Å². The first-order valence-electron chi connectivity index (χ1n) is 6.09. The van der Waals surface area contributed by atoms with E-state index in [1.807, 2.05) is 12.3 Å². The molecule has 0 unspecified atom stereocenters. The van der Waals surface area contributed by atoms with Gasteiger partial charge in [-0.3, -0.25) is 4.98 Å². The van der Waals surface area contributed by atoms with Gasteiger partial charge in [0.05, 0.1) is 5.69 Å². The third-order valence-electron chi connectivity index (χ3n) is 3.22. The lowest BCUT2D eigenvalue weighted by molar-refractivity contribution is 0.321. The van der Waals surface area contributed by atoms with Crippen LogP contribution in [0, 0.1) is 6.92 Å². The highest BCUT2D eigenvalue weighted by Crippen LogP contribution is 2.24. The molecule has 0 radical (unpaired) electrons. The van der Waals surface area contributed by atoms with Crippen molar-refractivity contribution in [1.29, 1.82) is 0 Å². The summed E-state index contributed by atoms with van der Waals surface area (Å²) in [5.41, 5.74) is 2.43. The third-order valence-corrected chi connectivity index (χ3v) is 3.22. The molecule has 1 heterocycles. The molecule has 1 aliphatic rings. The summed E-state index contributed by atoms with van der Waals surface area (Å²) in [6.45, 7) is 5.17. The first-order chi connectivity index (χ1) is 7.77. The number of likely N-dealkylation sites (N-methyl/N-ethyl adjacent to an activating group) is 1. The third kappa shape index (κ3) is 3.29. The molecule has 0 aromatic carbocycles. The number of hydrogen-bond acceptors (Lipinski definition) is 3. The van der Waals surface area contributed by atoms with Gasteiger partial charge in [-0.15, -0.1) is 0 Å². The average molecular weight is 219 g/mol. The van der Waals surface area contributed by atoms with Crippen molar-refractivity contribution in [1.82, 2.24) is 15.2 Å². The van der Waals surface area contributed by atoms with Crippen LogP contribution in [0.3, 0.4) is 0 Å². The fourth-order valence-electron chi connectivity index (χ4n) is 1.86. The minimum Gasteiger partial charge on any atom is -0.310 e. The van der Waals surface area contributed by atoms with Crippen molar-refractivity contribution in [2.24, 2.45) is 0 Å². The molecule has 0 atom stereocenters. The number of aromatic nitrogens is 1. The van der Waals surface area contributed by atoms with Gasteiger partial charge in [-0.25, -0.2) is 0 Å². The molecule has 1 saturated carbocycles. The van der Waals surface area contributed by atoms with Crippen LogP contribution in [0.4, 0.5) is 0 Å². The van der Waals surface area contributed by atoms with Crippen LogP contribution in [0.15, 0.2) is 18.3 Å². The van der Waals surface area contributed by atoms with Crippen LogP contribution < -0.4 is 5.32 Å². The molecule has 16 heavy (non-hydrogen) atoms. The lowest BCUT2D eigenvalue weighted by Gasteiger charge is -2.15. The molecular weight excluding hydrogens is 198 g/mol. The average Bonchev–Trinajstić information content (AvgIpc) is 3.10. The van der Waals surface area contributed by atoms with Crippen molar-refractivity contribution in [3.63, 3.8) is 0 Å². The summed E-state index contributed by atoms with van der Waals surface area (Å²) >= 11 is 0. The number of nitrogens with zero attached hydrogens (tertiary/aromatic N) is 2. The number of pyridine rings is 1. The van der Waals surface area contributed by atoms with Crippen LogP contribution in [-0.4, -0.2) is 36.1 Å². The van der Waals surface area contributed by atoms with Crippen molar-refractivity contribution < 1.29 is 0 Å². The van der Waals surface area contributed by atoms with Gasteiger partial charge in [-0.05, 0) is 38.4 Å². The lowest BCUT2D eigenvalue weighted by Crippen LogP contribution is -2.30. The predicted molar refractivity (Wildman–Crippen MR) is 66.3 cm³/mol. The SMILES string of the molecule is Cc1cccnc1CNCCN(C)C1CC1. The summed E-state index contributed by atoms with van der Waals surface area (Å²) in [4.78, 5) is 6.81. The molecule has 2 rings (SSSR count). The summed E-state index contributed by atoms with van der Waals surface area (Å²) in [5.74, 6) is 0. The molecule has 0 saturated heterocycles. The van der Waals surface area contributed by atoms with E-state index in [4.69, 9.17) is 0 Å². The van der Waals surface area contributed by atoms with Crippen LogP contribution in [0.1, 0.15) is 24.1 Å². The van der Waals surface area contributed by atoms with Crippen LogP contribution in [0.5, 0.6) is 0 Å². The zero-order valence-electron chi connectivity index (χ0n) is 10.2. The zero-order valence-corrected chi connectivity index (χ0v) is 10.2. The van der Waals surface area contributed by atoms with E-state index in [2.05, 4.69) is 35.2 Å². The Hall–Kier alpha value is -0.930. The Labute approximate surface area is 97.9 Å². The molecule has 1 fully saturated rings. The number of aryl methyl sites for hydroxylation is 1. The van der Waals surface area contributed by atoms with Crippen LogP contribution in [0.2, 0.25) is 0 Å². The first-order valence-corrected chi connectivity index (χ1v) is 6.09. The number of nitrogens with one attached hydrogen (secondary N) is 1. The van der Waals surface area contributed by atoms with Gasteiger partial charge in [0.15, 0.2) is 0 Å². The molecular formula is C13H21N3. The second-order valence-electron chi connectivity index (χ2n) is 4.66. The summed E-state index contributed by atoms with van der Waals surface area (Å²) in [5, 5.41) is 3.45. The molecule has 1 aliphatic carbocycles. The molecule has 0 bridgehead atoms. The standard InChI is InChI=1S/C13H21N3/c1-11-4-3-7-15-13(11)10-14-8-9-16(2)12-5-6-12/h3-4,7,12,14H,5-6,8-10H2,1-2H3. The van der Waals surface area contributed by atoms with E-state index in [0.717, 1.165) is 31.4 Å². The van der Waals surface area contributed by atoms with Gasteiger partial charge in [0.2, 0.25) is 0 Å². The van der Waals surface area contributed by atoms with Gasteiger partial charge in [0.25, 0.3) is 0 Å². The smallest absolute Gasteiger partial charge is 0.0570 e. The van der Waals surface area contributed by atoms with E-state index in [0.29, 0.717) is 0 Å². The van der Waals surface area contributed by atoms with Gasteiger partial charge in [-0.1, -0.05) is 6.07 Å². The Bertz CT molecular complexity index is 334. The minimum absolute atomic E-state index is 0.860. The minimum atomic E-state index is 0.860. The van der Waals surface area contributed by atoms with E-state index in [1.165, 1.54) is 18.4 Å². The van der Waals surface area contributed by atoms with Crippen molar-refractivity contribution >= 4 is 0 Å². The van der Waals surface area contributed by atoms with E-state index in [1.54, 1.807) is 0 Å². The molecule has 0 spiro atoms. The van der Waals surface area contributed by atoms with Gasteiger partial charge >= 0.3 is 0 Å². The van der Waals surface area contributed by atoms with Crippen LogP contribution in [0.25, 0.3) is 0 Å². The Morgan fingerprint density at radius 2 is 2.31 bits per heavy atom. The normalized spacial score (nSPS) is 15.7. The second kappa shape index (κ2) is 5.41. The molecule has 0 aliphatic heterocycles. The predicted octanol–water partition coefficient (Wildman–Crippen LogP) is 1.57.